The number of carboxylic acid groups (broad SMARTS) is 1. The molecule has 0 fully saturated rings. The van der Waals surface area contributed by atoms with Gasteiger partial charge in [-0.05, 0) is 6.42 Å². The number of carbonyl (C=O) groups excluding carboxylic acids is 1. The molecule has 0 amide bonds. The van der Waals surface area contributed by atoms with Crippen molar-refractivity contribution in [3.05, 3.63) is 0 Å². The van der Waals surface area contributed by atoms with Crippen LogP contribution in [0.15, 0.2) is 0 Å². The van der Waals surface area contributed by atoms with Crippen molar-refractivity contribution < 1.29 is 39.5 Å². The summed E-state index contributed by atoms with van der Waals surface area (Å²) in [5.41, 5.74) is 0. The summed E-state index contributed by atoms with van der Waals surface area (Å²) in [7, 11) is 0. The first-order valence-electron chi connectivity index (χ1n) is 1.97. The Morgan fingerprint density at radius 2 is 2.25 bits per heavy atom. The first-order chi connectivity index (χ1) is 3.13. The molecular formula is C4H6INaO2. The number of aliphatic carboxylic acids is 1. The van der Waals surface area contributed by atoms with Gasteiger partial charge >= 0.3 is 29.6 Å². The quantitative estimate of drug-likeness (QED) is 0.290. The molecule has 0 bridgehead atoms. The summed E-state index contributed by atoms with van der Waals surface area (Å²) in [5, 5.41) is 9.69. The molecular weight excluding hydrogens is 230 g/mol. The van der Waals surface area contributed by atoms with E-state index in [4.69, 9.17) is 0 Å². The molecule has 0 aliphatic carbocycles. The SMILES string of the molecule is CC(I)CC(=O)[O-].[Na+]. The number of halogens is 1. The third-order valence-corrected chi connectivity index (χ3v) is 0.888. The summed E-state index contributed by atoms with van der Waals surface area (Å²) >= 11 is 2.04. The fraction of sp³-hybridized carbons (Fsp3) is 0.750. The van der Waals surface area contributed by atoms with E-state index < -0.39 is 5.97 Å². The molecule has 8 heavy (non-hydrogen) atoms. The maximum atomic E-state index is 9.69. The van der Waals surface area contributed by atoms with Gasteiger partial charge in [0.1, 0.15) is 0 Å². The summed E-state index contributed by atoms with van der Waals surface area (Å²) in [6.07, 6.45) is 0.153. The Hall–Kier alpha value is 1.20. The molecule has 0 aromatic rings. The van der Waals surface area contributed by atoms with E-state index in [1.54, 1.807) is 0 Å². The van der Waals surface area contributed by atoms with Crippen molar-refractivity contribution in [3.8, 4) is 0 Å². The molecule has 0 rings (SSSR count). The van der Waals surface area contributed by atoms with E-state index >= 15 is 0 Å². The van der Waals surface area contributed by atoms with E-state index in [-0.39, 0.29) is 39.9 Å². The third-order valence-electron chi connectivity index (χ3n) is 0.448. The maximum Gasteiger partial charge on any atom is 1.00 e. The Morgan fingerprint density at radius 3 is 2.25 bits per heavy atom. The van der Waals surface area contributed by atoms with E-state index in [0.717, 1.165) is 0 Å². The Balaban J connectivity index is 0. The van der Waals surface area contributed by atoms with Gasteiger partial charge in [-0.2, -0.15) is 0 Å². The topological polar surface area (TPSA) is 40.1 Å². The molecule has 42 valence electrons. The molecule has 0 N–H and O–H groups in total. The van der Waals surface area contributed by atoms with Crippen molar-refractivity contribution in [2.24, 2.45) is 0 Å². The van der Waals surface area contributed by atoms with E-state index in [1.165, 1.54) is 0 Å². The average molecular weight is 236 g/mol. The summed E-state index contributed by atoms with van der Waals surface area (Å²) in [6.45, 7) is 1.83. The molecule has 4 heteroatoms. The molecule has 0 spiro atoms. The van der Waals surface area contributed by atoms with Crippen molar-refractivity contribution in [2.75, 3.05) is 0 Å². The standard InChI is InChI=1S/C4H7IO2.Na/c1-3(5)2-4(6)7;/h3H,2H2,1H3,(H,6,7);/q;+1/p-1. The first-order valence-corrected chi connectivity index (χ1v) is 3.21. The minimum absolute atomic E-state index is 0. The minimum Gasteiger partial charge on any atom is -0.550 e. The summed E-state index contributed by atoms with van der Waals surface area (Å²) in [5.74, 6) is -0.970. The van der Waals surface area contributed by atoms with Crippen LogP contribution >= 0.6 is 22.6 Å². The molecule has 0 saturated heterocycles. The van der Waals surface area contributed by atoms with Gasteiger partial charge in [-0.25, -0.2) is 0 Å². The maximum absolute atomic E-state index is 9.69. The van der Waals surface area contributed by atoms with E-state index in [2.05, 4.69) is 0 Å². The molecule has 0 aromatic carbocycles. The number of hydrogen-bond acceptors (Lipinski definition) is 2. The average Bonchev–Trinajstić information content (AvgIpc) is 1.27. The normalized spacial score (nSPS) is 11.8. The number of rotatable bonds is 2. The van der Waals surface area contributed by atoms with Crippen LogP contribution in [0.4, 0.5) is 0 Å². The number of hydrogen-bond donors (Lipinski definition) is 0. The Bertz CT molecular complexity index is 74.4. The zero-order chi connectivity index (χ0) is 5.86. The van der Waals surface area contributed by atoms with Gasteiger partial charge in [-0.1, -0.05) is 29.5 Å². The molecule has 2 nitrogen and oxygen atoms in total. The van der Waals surface area contributed by atoms with Crippen LogP contribution in [0.3, 0.4) is 0 Å². The predicted octanol–water partition coefficient (Wildman–Crippen LogP) is -3.05. The van der Waals surface area contributed by atoms with Gasteiger partial charge in [-0.15, -0.1) is 0 Å². The van der Waals surface area contributed by atoms with Gasteiger partial charge in [0.2, 0.25) is 0 Å². The van der Waals surface area contributed by atoms with Crippen LogP contribution in [0.1, 0.15) is 13.3 Å². The molecule has 1 atom stereocenters. The van der Waals surface area contributed by atoms with Crippen molar-refractivity contribution in [2.45, 2.75) is 17.3 Å². The molecule has 0 saturated carbocycles. The number of carboxylic acids is 1. The van der Waals surface area contributed by atoms with Crippen molar-refractivity contribution in [1.82, 2.24) is 0 Å². The van der Waals surface area contributed by atoms with Crippen LogP contribution in [0, 0.1) is 0 Å². The second-order valence-electron chi connectivity index (χ2n) is 1.36. The molecule has 0 heterocycles. The summed E-state index contributed by atoms with van der Waals surface area (Å²) in [6, 6.07) is 0. The zero-order valence-corrected chi connectivity index (χ0v) is 9.14. The van der Waals surface area contributed by atoms with Crippen LogP contribution < -0.4 is 34.7 Å². The Morgan fingerprint density at radius 1 is 1.88 bits per heavy atom. The molecule has 1 unspecified atom stereocenters. The van der Waals surface area contributed by atoms with Crippen LogP contribution in [0.2, 0.25) is 0 Å². The summed E-state index contributed by atoms with van der Waals surface area (Å²) < 4.78 is 0.183. The van der Waals surface area contributed by atoms with E-state index in [0.29, 0.717) is 0 Å². The first kappa shape index (κ1) is 11.9. The molecule has 0 aliphatic rings. The zero-order valence-electron chi connectivity index (χ0n) is 4.98. The second kappa shape index (κ2) is 6.32. The van der Waals surface area contributed by atoms with Crippen LogP contribution in [0.5, 0.6) is 0 Å². The van der Waals surface area contributed by atoms with Gasteiger partial charge < -0.3 is 9.90 Å². The van der Waals surface area contributed by atoms with Crippen LogP contribution in [0.25, 0.3) is 0 Å². The van der Waals surface area contributed by atoms with Crippen molar-refractivity contribution in [3.63, 3.8) is 0 Å². The second-order valence-corrected chi connectivity index (χ2v) is 3.48. The summed E-state index contributed by atoms with van der Waals surface area (Å²) in [4.78, 5) is 9.69. The molecule has 0 radical (unpaired) electrons. The fourth-order valence-corrected chi connectivity index (χ4v) is 0.589. The van der Waals surface area contributed by atoms with E-state index in [1.807, 2.05) is 29.5 Å². The van der Waals surface area contributed by atoms with Gasteiger partial charge in [0.15, 0.2) is 0 Å². The van der Waals surface area contributed by atoms with E-state index in [9.17, 15) is 9.90 Å². The van der Waals surface area contributed by atoms with Gasteiger partial charge in [0, 0.05) is 9.89 Å². The van der Waals surface area contributed by atoms with Gasteiger partial charge in [0.25, 0.3) is 0 Å². The Labute approximate surface area is 84.5 Å². The van der Waals surface area contributed by atoms with Gasteiger partial charge in [0.05, 0.1) is 0 Å². The molecule has 0 aliphatic heterocycles. The molecule has 0 aromatic heterocycles. The van der Waals surface area contributed by atoms with Crippen molar-refractivity contribution >= 4 is 28.6 Å². The van der Waals surface area contributed by atoms with Crippen LogP contribution in [-0.2, 0) is 4.79 Å². The predicted molar refractivity (Wildman–Crippen MR) is 33.1 cm³/mol. The number of carbonyl (C=O) groups is 1. The third kappa shape index (κ3) is 10.2. The monoisotopic (exact) mass is 236 g/mol. The van der Waals surface area contributed by atoms with Crippen LogP contribution in [-0.4, -0.2) is 9.89 Å². The smallest absolute Gasteiger partial charge is 0.550 e. The van der Waals surface area contributed by atoms with Crippen molar-refractivity contribution in [1.29, 1.82) is 0 Å². The fourth-order valence-electron chi connectivity index (χ4n) is 0.230. The number of alkyl halides is 1. The van der Waals surface area contributed by atoms with Gasteiger partial charge in [-0.3, -0.25) is 0 Å². The Kier molecular flexibility index (Phi) is 9.43. The minimum atomic E-state index is -0.970. The largest absolute Gasteiger partial charge is 1.00 e.